The predicted molar refractivity (Wildman–Crippen MR) is 78.4 cm³/mol. The average Bonchev–Trinajstić information content (AvgIpc) is 2.37. The van der Waals surface area contributed by atoms with Crippen molar-refractivity contribution in [1.82, 2.24) is 0 Å². The van der Waals surface area contributed by atoms with Crippen LogP contribution in [0.15, 0.2) is 59.1 Å². The summed E-state index contributed by atoms with van der Waals surface area (Å²) in [5.74, 6) is -0.0421. The van der Waals surface area contributed by atoms with Gasteiger partial charge in [-0.05, 0) is 35.9 Å². The third-order valence-electron chi connectivity index (χ3n) is 2.52. The minimum Gasteiger partial charge on any atom is -0.398 e. The van der Waals surface area contributed by atoms with Crippen molar-refractivity contribution in [3.63, 3.8) is 0 Å². The topological polar surface area (TPSA) is 43.1 Å². The number of carbonyl (C=O) groups excluding carboxylic acids is 1. The highest BCUT2D eigenvalue weighted by molar-refractivity contribution is 9.10. The van der Waals surface area contributed by atoms with Gasteiger partial charge in [0.15, 0.2) is 5.78 Å². The lowest BCUT2D eigenvalue weighted by Gasteiger charge is -1.99. The quantitative estimate of drug-likeness (QED) is 0.530. The number of allylic oxidation sites excluding steroid dienone is 1. The molecule has 0 unspecified atom stereocenters. The molecule has 0 amide bonds. The van der Waals surface area contributed by atoms with E-state index in [-0.39, 0.29) is 5.78 Å². The lowest BCUT2D eigenvalue weighted by Crippen LogP contribution is -1.94. The lowest BCUT2D eigenvalue weighted by atomic mass is 10.1. The number of halogens is 1. The summed E-state index contributed by atoms with van der Waals surface area (Å²) in [6.45, 7) is 0. The van der Waals surface area contributed by atoms with Crippen molar-refractivity contribution in [2.75, 3.05) is 5.73 Å². The summed E-state index contributed by atoms with van der Waals surface area (Å²) in [6, 6.07) is 14.7. The molecular formula is C15H12BrNO. The van der Waals surface area contributed by atoms with E-state index < -0.39 is 0 Å². The lowest BCUT2D eigenvalue weighted by molar-refractivity contribution is 0.104. The second kappa shape index (κ2) is 5.65. The molecule has 0 spiro atoms. The van der Waals surface area contributed by atoms with Gasteiger partial charge in [-0.15, -0.1) is 0 Å². The molecule has 0 fully saturated rings. The van der Waals surface area contributed by atoms with Gasteiger partial charge in [0.05, 0.1) is 0 Å². The highest BCUT2D eigenvalue weighted by Gasteiger charge is 2.02. The first-order valence-electron chi connectivity index (χ1n) is 5.49. The molecule has 0 atom stereocenters. The maximum absolute atomic E-state index is 11.9. The van der Waals surface area contributed by atoms with Gasteiger partial charge in [0.1, 0.15) is 0 Å². The van der Waals surface area contributed by atoms with E-state index in [1.165, 1.54) is 6.08 Å². The Morgan fingerprint density at radius 3 is 2.61 bits per heavy atom. The number of hydrogen-bond donors (Lipinski definition) is 1. The maximum Gasteiger partial charge on any atom is 0.185 e. The van der Waals surface area contributed by atoms with Crippen molar-refractivity contribution >= 4 is 33.5 Å². The van der Waals surface area contributed by atoms with Crippen LogP contribution in [0.2, 0.25) is 0 Å². The largest absolute Gasteiger partial charge is 0.398 e. The molecule has 2 nitrogen and oxygen atoms in total. The number of nitrogen functional groups attached to an aromatic ring is 1. The van der Waals surface area contributed by atoms with Crippen LogP contribution in [-0.4, -0.2) is 5.78 Å². The maximum atomic E-state index is 11.9. The highest BCUT2D eigenvalue weighted by Crippen LogP contribution is 2.15. The third-order valence-corrected chi connectivity index (χ3v) is 3.01. The van der Waals surface area contributed by atoms with Crippen LogP contribution in [0.4, 0.5) is 5.69 Å². The van der Waals surface area contributed by atoms with Crippen LogP contribution in [0, 0.1) is 0 Å². The minimum absolute atomic E-state index is 0.0421. The second-order valence-electron chi connectivity index (χ2n) is 3.84. The number of carbonyl (C=O) groups is 1. The van der Waals surface area contributed by atoms with Gasteiger partial charge in [0, 0.05) is 15.7 Å². The van der Waals surface area contributed by atoms with E-state index in [1.54, 1.807) is 18.2 Å². The fourth-order valence-corrected chi connectivity index (χ4v) is 1.97. The average molecular weight is 302 g/mol. The fourth-order valence-electron chi connectivity index (χ4n) is 1.57. The number of anilines is 1. The van der Waals surface area contributed by atoms with Crippen LogP contribution < -0.4 is 5.73 Å². The van der Waals surface area contributed by atoms with Crippen LogP contribution in [0.1, 0.15) is 15.9 Å². The first-order chi connectivity index (χ1) is 8.66. The normalized spacial score (nSPS) is 10.7. The molecule has 2 aromatic rings. The zero-order valence-corrected chi connectivity index (χ0v) is 11.2. The number of benzene rings is 2. The molecule has 2 aromatic carbocycles. The molecule has 0 saturated heterocycles. The van der Waals surface area contributed by atoms with Gasteiger partial charge in [0.25, 0.3) is 0 Å². The molecular weight excluding hydrogens is 290 g/mol. The molecule has 0 bridgehead atoms. The summed E-state index contributed by atoms with van der Waals surface area (Å²) in [4.78, 5) is 11.9. The van der Waals surface area contributed by atoms with Crippen LogP contribution in [-0.2, 0) is 0 Å². The van der Waals surface area contributed by atoms with E-state index in [1.807, 2.05) is 36.4 Å². The number of ketones is 1. The van der Waals surface area contributed by atoms with Gasteiger partial charge in [0.2, 0.25) is 0 Å². The second-order valence-corrected chi connectivity index (χ2v) is 4.75. The molecule has 0 heterocycles. The zero-order valence-electron chi connectivity index (χ0n) is 9.64. The molecule has 2 rings (SSSR count). The zero-order chi connectivity index (χ0) is 13.0. The Morgan fingerprint density at radius 1 is 1.11 bits per heavy atom. The molecule has 90 valence electrons. The summed E-state index contributed by atoms with van der Waals surface area (Å²) in [6.07, 6.45) is 3.27. The smallest absolute Gasteiger partial charge is 0.185 e. The van der Waals surface area contributed by atoms with Gasteiger partial charge in [-0.1, -0.05) is 46.3 Å². The summed E-state index contributed by atoms with van der Waals surface area (Å²) < 4.78 is 0.890. The van der Waals surface area contributed by atoms with Crippen LogP contribution >= 0.6 is 15.9 Å². The Balaban J connectivity index is 2.20. The molecule has 18 heavy (non-hydrogen) atoms. The summed E-state index contributed by atoms with van der Waals surface area (Å²) >= 11 is 3.34. The van der Waals surface area contributed by atoms with Gasteiger partial charge >= 0.3 is 0 Å². The van der Waals surface area contributed by atoms with Gasteiger partial charge in [-0.25, -0.2) is 0 Å². The minimum atomic E-state index is -0.0421. The van der Waals surface area contributed by atoms with Crippen molar-refractivity contribution < 1.29 is 4.79 Å². The van der Waals surface area contributed by atoms with E-state index >= 15 is 0 Å². The van der Waals surface area contributed by atoms with E-state index in [0.29, 0.717) is 11.3 Å². The summed E-state index contributed by atoms with van der Waals surface area (Å²) in [7, 11) is 0. The Hall–Kier alpha value is -1.87. The number of nitrogens with two attached hydrogens (primary N) is 1. The van der Waals surface area contributed by atoms with Crippen molar-refractivity contribution in [3.8, 4) is 0 Å². The Bertz CT molecular complexity index is 605. The molecule has 0 saturated carbocycles. The molecule has 0 radical (unpaired) electrons. The molecule has 0 aliphatic heterocycles. The Labute approximate surface area is 114 Å². The van der Waals surface area contributed by atoms with E-state index in [2.05, 4.69) is 15.9 Å². The number of rotatable bonds is 3. The van der Waals surface area contributed by atoms with Crippen LogP contribution in [0.5, 0.6) is 0 Å². The molecule has 3 heteroatoms. The van der Waals surface area contributed by atoms with Gasteiger partial charge in [-0.3, -0.25) is 4.79 Å². The highest BCUT2D eigenvalue weighted by atomic mass is 79.9. The predicted octanol–water partition coefficient (Wildman–Crippen LogP) is 3.93. The SMILES string of the molecule is Nc1ccccc1/C=C/C(=O)c1cccc(Br)c1. The fraction of sp³-hybridized carbons (Fsp3) is 0. The molecule has 0 aliphatic carbocycles. The van der Waals surface area contributed by atoms with Crippen molar-refractivity contribution in [2.45, 2.75) is 0 Å². The number of para-hydroxylation sites is 1. The van der Waals surface area contributed by atoms with Crippen molar-refractivity contribution in [3.05, 3.63) is 70.2 Å². The van der Waals surface area contributed by atoms with Gasteiger partial charge in [-0.2, -0.15) is 0 Å². The first-order valence-corrected chi connectivity index (χ1v) is 6.28. The standard InChI is InChI=1S/C15H12BrNO/c16-13-6-3-5-12(10-13)15(18)9-8-11-4-1-2-7-14(11)17/h1-10H,17H2/b9-8+. The van der Waals surface area contributed by atoms with Crippen LogP contribution in [0.25, 0.3) is 6.08 Å². The van der Waals surface area contributed by atoms with Crippen molar-refractivity contribution in [2.24, 2.45) is 0 Å². The van der Waals surface area contributed by atoms with E-state index in [9.17, 15) is 4.79 Å². The summed E-state index contributed by atoms with van der Waals surface area (Å²) in [5.41, 5.74) is 7.96. The Kier molecular flexibility index (Phi) is 3.95. The summed E-state index contributed by atoms with van der Waals surface area (Å²) in [5, 5.41) is 0. The molecule has 0 aromatic heterocycles. The van der Waals surface area contributed by atoms with E-state index in [0.717, 1.165) is 10.0 Å². The monoisotopic (exact) mass is 301 g/mol. The molecule has 2 N–H and O–H groups in total. The number of hydrogen-bond acceptors (Lipinski definition) is 2. The first kappa shape index (κ1) is 12.6. The van der Waals surface area contributed by atoms with Crippen LogP contribution in [0.3, 0.4) is 0 Å². The Morgan fingerprint density at radius 2 is 1.89 bits per heavy atom. The van der Waals surface area contributed by atoms with Crippen molar-refractivity contribution in [1.29, 1.82) is 0 Å². The third kappa shape index (κ3) is 3.08. The van der Waals surface area contributed by atoms with E-state index in [4.69, 9.17) is 5.73 Å². The van der Waals surface area contributed by atoms with Gasteiger partial charge < -0.3 is 5.73 Å². The molecule has 0 aliphatic rings.